The fraction of sp³-hybridized carbons (Fsp3) is 0.286. The van der Waals surface area contributed by atoms with Crippen LogP contribution < -0.4 is 20.1 Å². The number of ether oxygens (including phenoxy) is 2. The Hall–Kier alpha value is -3.82. The summed E-state index contributed by atoms with van der Waals surface area (Å²) in [7, 11) is 0. The molecule has 9 nitrogen and oxygen atoms in total. The van der Waals surface area contributed by atoms with Crippen LogP contribution >= 0.6 is 0 Å². The van der Waals surface area contributed by atoms with Crippen LogP contribution in [0.5, 0.6) is 17.6 Å². The van der Waals surface area contributed by atoms with E-state index in [9.17, 15) is 9.18 Å². The summed E-state index contributed by atoms with van der Waals surface area (Å²) in [6.07, 6.45) is 3.72. The number of hydrogen-bond donors (Lipinski definition) is 1. The predicted molar refractivity (Wildman–Crippen MR) is 111 cm³/mol. The molecule has 0 spiro atoms. The van der Waals surface area contributed by atoms with Gasteiger partial charge in [-0.15, -0.1) is 0 Å². The zero-order valence-corrected chi connectivity index (χ0v) is 16.9. The number of para-hydroxylation sites is 1. The van der Waals surface area contributed by atoms with Crippen molar-refractivity contribution < 1.29 is 18.7 Å². The smallest absolute Gasteiger partial charge is 0.318 e. The highest BCUT2D eigenvalue weighted by molar-refractivity contribution is 5.96. The number of halogens is 1. The van der Waals surface area contributed by atoms with Crippen LogP contribution in [0.2, 0.25) is 0 Å². The molecule has 0 saturated carbocycles. The van der Waals surface area contributed by atoms with Gasteiger partial charge in [-0.1, -0.05) is 12.1 Å². The molecule has 31 heavy (non-hydrogen) atoms. The van der Waals surface area contributed by atoms with Crippen LogP contribution in [0.25, 0.3) is 0 Å². The lowest BCUT2D eigenvalue weighted by molar-refractivity contribution is 0.101. The van der Waals surface area contributed by atoms with Crippen LogP contribution in [0.1, 0.15) is 30.1 Å². The van der Waals surface area contributed by atoms with Crippen LogP contribution in [-0.4, -0.2) is 44.9 Å². The molecule has 160 valence electrons. The summed E-state index contributed by atoms with van der Waals surface area (Å²) in [6, 6.07) is 8.83. The topological polar surface area (TPSA) is 116 Å². The van der Waals surface area contributed by atoms with Gasteiger partial charge in [0.2, 0.25) is 5.88 Å². The van der Waals surface area contributed by atoms with Crippen molar-refractivity contribution in [3.05, 3.63) is 54.2 Å². The minimum Gasteiger partial charge on any atom is -0.460 e. The van der Waals surface area contributed by atoms with Gasteiger partial charge in [0.15, 0.2) is 17.4 Å². The number of aromatic nitrogens is 4. The number of carbonyl (C=O) groups excluding carboxylic acids is 1. The first kappa shape index (κ1) is 20.5. The number of nitrogen functional groups attached to an aromatic ring is 1. The van der Waals surface area contributed by atoms with E-state index in [1.807, 2.05) is 0 Å². The lowest BCUT2D eigenvalue weighted by Gasteiger charge is -2.32. The summed E-state index contributed by atoms with van der Waals surface area (Å²) >= 11 is 0. The number of nitrogens with zero attached hydrogens (tertiary/aromatic N) is 5. The van der Waals surface area contributed by atoms with E-state index in [1.165, 1.54) is 13.3 Å². The van der Waals surface area contributed by atoms with Gasteiger partial charge in [-0.05, 0) is 19.1 Å². The molecule has 0 bridgehead atoms. The fourth-order valence-electron chi connectivity index (χ4n) is 3.29. The number of nitrogens with two attached hydrogens (primary N) is 1. The van der Waals surface area contributed by atoms with Gasteiger partial charge in [0, 0.05) is 32.0 Å². The summed E-state index contributed by atoms with van der Waals surface area (Å²) in [4.78, 5) is 30.0. The van der Waals surface area contributed by atoms with Crippen molar-refractivity contribution >= 4 is 17.4 Å². The van der Waals surface area contributed by atoms with Crippen molar-refractivity contribution in [3.63, 3.8) is 0 Å². The molecule has 0 radical (unpaired) electrons. The first-order valence-electron chi connectivity index (χ1n) is 9.79. The molecule has 0 unspecified atom stereocenters. The summed E-state index contributed by atoms with van der Waals surface area (Å²) in [5, 5.41) is 0. The third-order valence-corrected chi connectivity index (χ3v) is 4.90. The molecule has 1 aromatic carbocycles. The average Bonchev–Trinajstić information content (AvgIpc) is 2.77. The highest BCUT2D eigenvalue weighted by Crippen LogP contribution is 2.27. The zero-order valence-electron chi connectivity index (χ0n) is 16.9. The molecule has 10 heteroatoms. The minimum atomic E-state index is -0.671. The second kappa shape index (κ2) is 8.90. The Morgan fingerprint density at radius 3 is 2.71 bits per heavy atom. The Labute approximate surface area is 178 Å². The number of carbonyl (C=O) groups is 1. The number of Topliss-reactive ketones (excluding diaryl/α,β-unsaturated/α-hetero) is 1. The number of piperidine rings is 1. The molecule has 0 amide bonds. The zero-order chi connectivity index (χ0) is 21.8. The van der Waals surface area contributed by atoms with Crippen molar-refractivity contribution in [2.24, 2.45) is 0 Å². The van der Waals surface area contributed by atoms with E-state index in [4.69, 9.17) is 15.2 Å². The fourth-order valence-corrected chi connectivity index (χ4v) is 3.29. The lowest BCUT2D eigenvalue weighted by atomic mass is 10.1. The second-order valence-corrected chi connectivity index (χ2v) is 7.06. The van der Waals surface area contributed by atoms with Crippen LogP contribution in [0.3, 0.4) is 0 Å². The monoisotopic (exact) mass is 424 g/mol. The lowest BCUT2D eigenvalue weighted by Crippen LogP contribution is -2.39. The van der Waals surface area contributed by atoms with E-state index < -0.39 is 5.82 Å². The molecule has 2 aromatic heterocycles. The Bertz CT molecular complexity index is 1090. The molecule has 2 N–H and O–H groups in total. The highest BCUT2D eigenvalue weighted by atomic mass is 19.1. The maximum absolute atomic E-state index is 13.2. The Morgan fingerprint density at radius 1 is 1.19 bits per heavy atom. The van der Waals surface area contributed by atoms with Gasteiger partial charge in [-0.3, -0.25) is 4.79 Å². The van der Waals surface area contributed by atoms with Crippen molar-refractivity contribution in [1.29, 1.82) is 0 Å². The van der Waals surface area contributed by atoms with E-state index >= 15 is 0 Å². The van der Waals surface area contributed by atoms with Crippen molar-refractivity contribution in [2.75, 3.05) is 23.7 Å². The van der Waals surface area contributed by atoms with Gasteiger partial charge in [0.25, 0.3) is 0 Å². The van der Waals surface area contributed by atoms with Crippen molar-refractivity contribution in [3.8, 4) is 17.6 Å². The Balaban J connectivity index is 1.39. The van der Waals surface area contributed by atoms with Gasteiger partial charge < -0.3 is 20.1 Å². The first-order chi connectivity index (χ1) is 15.0. The minimum absolute atomic E-state index is 0.0687. The summed E-state index contributed by atoms with van der Waals surface area (Å²) < 4.78 is 24.8. The van der Waals surface area contributed by atoms with Crippen molar-refractivity contribution in [1.82, 2.24) is 19.9 Å². The van der Waals surface area contributed by atoms with E-state index in [1.54, 1.807) is 30.3 Å². The first-order valence-corrected chi connectivity index (χ1v) is 9.79. The quantitative estimate of drug-likeness (QED) is 0.596. The molecule has 1 fully saturated rings. The number of ketones is 1. The number of hydrogen-bond acceptors (Lipinski definition) is 9. The van der Waals surface area contributed by atoms with E-state index in [0.717, 1.165) is 6.20 Å². The average molecular weight is 424 g/mol. The van der Waals surface area contributed by atoms with E-state index in [2.05, 4.69) is 24.8 Å². The standard InChI is InChI=1S/C21H21FN6O3/c1-13(29)15-4-2-3-5-17(15)31-19-10-18(25-12-26-19)28-8-6-14(7-9-28)30-21-24-11-16(22)20(23)27-21/h2-5,10-12,14H,6-9H2,1H3,(H2,23,24,27). The molecule has 1 aliphatic rings. The van der Waals surface area contributed by atoms with E-state index in [-0.39, 0.29) is 23.7 Å². The van der Waals surface area contributed by atoms with Crippen LogP contribution in [0.4, 0.5) is 16.0 Å². The van der Waals surface area contributed by atoms with Crippen LogP contribution in [-0.2, 0) is 0 Å². The van der Waals surface area contributed by atoms with Crippen LogP contribution in [0.15, 0.2) is 42.9 Å². The molecule has 3 aromatic rings. The van der Waals surface area contributed by atoms with Gasteiger partial charge in [0.1, 0.15) is 24.0 Å². The third-order valence-electron chi connectivity index (χ3n) is 4.90. The summed E-state index contributed by atoms with van der Waals surface area (Å²) in [5.74, 6) is 0.527. The molecule has 1 saturated heterocycles. The molecule has 0 aliphatic carbocycles. The summed E-state index contributed by atoms with van der Waals surface area (Å²) in [6.45, 7) is 2.86. The van der Waals surface area contributed by atoms with Gasteiger partial charge in [-0.25, -0.2) is 19.3 Å². The molecule has 3 heterocycles. The Kier molecular flexibility index (Phi) is 5.87. The highest BCUT2D eigenvalue weighted by Gasteiger charge is 2.23. The van der Waals surface area contributed by atoms with Gasteiger partial charge in [-0.2, -0.15) is 4.98 Å². The molecule has 0 atom stereocenters. The maximum Gasteiger partial charge on any atom is 0.318 e. The third kappa shape index (κ3) is 4.85. The summed E-state index contributed by atoms with van der Waals surface area (Å²) in [5.41, 5.74) is 5.95. The number of rotatable bonds is 6. The number of anilines is 2. The maximum atomic E-state index is 13.2. The molecule has 1 aliphatic heterocycles. The van der Waals surface area contributed by atoms with Crippen molar-refractivity contribution in [2.45, 2.75) is 25.9 Å². The Morgan fingerprint density at radius 2 is 1.97 bits per heavy atom. The SMILES string of the molecule is CC(=O)c1ccccc1Oc1cc(N2CCC(Oc3ncc(F)c(N)n3)CC2)ncn1. The normalized spacial score (nSPS) is 14.3. The molecular formula is C21H21FN6O3. The molecular weight excluding hydrogens is 403 g/mol. The largest absolute Gasteiger partial charge is 0.460 e. The van der Waals surface area contributed by atoms with E-state index in [0.29, 0.717) is 48.9 Å². The second-order valence-electron chi connectivity index (χ2n) is 7.06. The molecule has 4 rings (SSSR count). The van der Waals surface area contributed by atoms with Gasteiger partial charge >= 0.3 is 6.01 Å². The number of benzene rings is 1. The predicted octanol–water partition coefficient (Wildman–Crippen LogP) is 3.03. The van der Waals surface area contributed by atoms with Gasteiger partial charge in [0.05, 0.1) is 11.8 Å². The van der Waals surface area contributed by atoms with Crippen LogP contribution in [0, 0.1) is 5.82 Å².